The van der Waals surface area contributed by atoms with E-state index in [1.54, 1.807) is 6.08 Å². The van der Waals surface area contributed by atoms with Crippen molar-refractivity contribution in [3.8, 4) is 0 Å². The van der Waals surface area contributed by atoms with Crippen molar-refractivity contribution >= 4 is 5.91 Å². The molecule has 0 heterocycles. The average molecular weight is 352 g/mol. The van der Waals surface area contributed by atoms with Crippen LogP contribution < -0.4 is 5.73 Å². The predicted molar refractivity (Wildman–Crippen MR) is 111 cm³/mol. The predicted octanol–water partition coefficient (Wildman–Crippen LogP) is 5.43. The van der Waals surface area contributed by atoms with Gasteiger partial charge in [-0.1, -0.05) is 64.1 Å². The number of allylic oxidation sites excluding steroid dienone is 3. The maximum Gasteiger partial charge on any atom is 0.248 e. The lowest BCUT2D eigenvalue weighted by atomic mass is 9.62. The molecular weight excluding hydrogens is 318 g/mol. The third kappa shape index (κ3) is 4.17. The third-order valence-electron chi connectivity index (χ3n) is 5.83. The maximum absolute atomic E-state index is 11.3. The van der Waals surface area contributed by atoms with Crippen molar-refractivity contribution in [3.05, 3.63) is 70.3 Å². The highest BCUT2D eigenvalue weighted by molar-refractivity contribution is 5.94. The number of hydrogen-bond acceptors (Lipinski definition) is 1. The summed E-state index contributed by atoms with van der Waals surface area (Å²) in [4.78, 5) is 11.3. The third-order valence-corrected chi connectivity index (χ3v) is 5.83. The summed E-state index contributed by atoms with van der Waals surface area (Å²) in [6.45, 7) is 17.4. The first-order chi connectivity index (χ1) is 12.0. The van der Waals surface area contributed by atoms with E-state index in [1.165, 1.54) is 46.7 Å². The van der Waals surface area contributed by atoms with E-state index in [2.05, 4.69) is 60.3 Å². The van der Waals surface area contributed by atoms with Crippen LogP contribution in [-0.2, 0) is 22.0 Å². The summed E-state index contributed by atoms with van der Waals surface area (Å²) >= 11 is 0. The van der Waals surface area contributed by atoms with Gasteiger partial charge in [-0.15, -0.1) is 0 Å². The van der Waals surface area contributed by atoms with Crippen LogP contribution in [0.15, 0.2) is 48.1 Å². The fraction of sp³-hybridized carbons (Fsp3) is 0.458. The molecule has 1 aromatic rings. The van der Waals surface area contributed by atoms with Crippen LogP contribution in [0.5, 0.6) is 0 Å². The van der Waals surface area contributed by atoms with Gasteiger partial charge in [-0.25, -0.2) is 0 Å². The number of hydrogen-bond donors (Lipinski definition) is 1. The number of aryl methyl sites for hydroxylation is 1. The van der Waals surface area contributed by atoms with Gasteiger partial charge in [-0.3, -0.25) is 4.79 Å². The first-order valence-corrected chi connectivity index (χ1v) is 9.42. The lowest BCUT2D eigenvalue weighted by Gasteiger charge is -2.42. The molecule has 0 aromatic heterocycles. The van der Waals surface area contributed by atoms with E-state index >= 15 is 0 Å². The molecule has 2 nitrogen and oxygen atoms in total. The summed E-state index contributed by atoms with van der Waals surface area (Å²) in [6.07, 6.45) is 8.54. The molecule has 0 radical (unpaired) electrons. The molecule has 1 aromatic carbocycles. The largest absolute Gasteiger partial charge is 0.366 e. The van der Waals surface area contributed by atoms with Gasteiger partial charge in [-0.2, -0.15) is 0 Å². The second-order valence-electron chi connectivity index (χ2n) is 8.97. The molecule has 2 N–H and O–H groups in total. The van der Waals surface area contributed by atoms with E-state index in [9.17, 15) is 4.79 Å². The van der Waals surface area contributed by atoms with Crippen LogP contribution in [0.1, 0.15) is 69.7 Å². The van der Waals surface area contributed by atoms with Gasteiger partial charge in [0.2, 0.25) is 5.91 Å². The summed E-state index contributed by atoms with van der Waals surface area (Å²) in [5.41, 5.74) is 13.1. The van der Waals surface area contributed by atoms with E-state index in [0.29, 0.717) is 5.57 Å². The number of fused-ring (bicyclic) bond motifs is 1. The number of carbonyl (C=O) groups is 1. The molecule has 0 atom stereocenters. The van der Waals surface area contributed by atoms with E-state index in [-0.39, 0.29) is 10.8 Å². The highest BCUT2D eigenvalue weighted by Crippen LogP contribution is 2.46. The van der Waals surface area contributed by atoms with E-state index in [1.807, 2.05) is 6.08 Å². The van der Waals surface area contributed by atoms with Crippen molar-refractivity contribution in [2.75, 3.05) is 0 Å². The zero-order chi connectivity index (χ0) is 19.7. The van der Waals surface area contributed by atoms with E-state index in [0.717, 1.165) is 6.42 Å². The second kappa shape index (κ2) is 7.26. The molecule has 2 rings (SSSR count). The number of amides is 1. The van der Waals surface area contributed by atoms with Crippen molar-refractivity contribution < 1.29 is 4.79 Å². The minimum Gasteiger partial charge on any atom is -0.366 e. The molecule has 1 aliphatic carbocycles. The van der Waals surface area contributed by atoms with Crippen molar-refractivity contribution in [1.82, 2.24) is 0 Å². The molecule has 0 unspecified atom stereocenters. The standard InChI is InChI=1S/C24H33NO/c1-8-18(22(25)26)10-9-16(2)13-19-15-21-20(14-17(19)3)23(4,5)11-12-24(21,6)7/h8-10,14-15H,1,11-13H2,2-7H3,(H2,25,26)/b16-9+,18-10+. The summed E-state index contributed by atoms with van der Waals surface area (Å²) in [7, 11) is 0. The Kier molecular flexibility index (Phi) is 5.65. The van der Waals surface area contributed by atoms with Crippen molar-refractivity contribution in [1.29, 1.82) is 0 Å². The number of carbonyl (C=O) groups excluding carboxylic acids is 1. The summed E-state index contributed by atoms with van der Waals surface area (Å²) in [5, 5.41) is 0. The molecule has 0 spiro atoms. The van der Waals surface area contributed by atoms with Crippen LogP contribution in [0.25, 0.3) is 0 Å². The molecule has 1 aliphatic rings. The summed E-state index contributed by atoms with van der Waals surface area (Å²) in [6, 6.07) is 4.81. The van der Waals surface area contributed by atoms with Crippen molar-refractivity contribution in [3.63, 3.8) is 0 Å². The lowest BCUT2D eigenvalue weighted by molar-refractivity contribution is -0.114. The molecule has 0 saturated heterocycles. The van der Waals surface area contributed by atoms with Crippen molar-refractivity contribution in [2.45, 2.75) is 71.6 Å². The van der Waals surface area contributed by atoms with Crippen LogP contribution in [0.4, 0.5) is 0 Å². The summed E-state index contributed by atoms with van der Waals surface area (Å²) < 4.78 is 0. The number of benzene rings is 1. The van der Waals surface area contributed by atoms with Gasteiger partial charge in [0.15, 0.2) is 0 Å². The quantitative estimate of drug-likeness (QED) is 0.558. The normalized spacial score (nSPS) is 19.0. The van der Waals surface area contributed by atoms with E-state index in [4.69, 9.17) is 5.73 Å². The molecule has 0 aliphatic heterocycles. The molecule has 1 amide bonds. The molecular formula is C24H33NO. The fourth-order valence-electron chi connectivity index (χ4n) is 3.80. The molecule has 0 saturated carbocycles. The average Bonchev–Trinajstić information content (AvgIpc) is 2.53. The van der Waals surface area contributed by atoms with Crippen LogP contribution in [0, 0.1) is 6.92 Å². The van der Waals surface area contributed by atoms with Crippen LogP contribution >= 0.6 is 0 Å². The zero-order valence-electron chi connectivity index (χ0n) is 17.2. The first kappa shape index (κ1) is 20.2. The molecule has 0 bridgehead atoms. The molecule has 26 heavy (non-hydrogen) atoms. The Hall–Kier alpha value is -2.09. The van der Waals surface area contributed by atoms with Gasteiger partial charge >= 0.3 is 0 Å². The van der Waals surface area contributed by atoms with Crippen LogP contribution in [0.2, 0.25) is 0 Å². The first-order valence-electron chi connectivity index (χ1n) is 9.42. The Balaban J connectivity index is 2.40. The zero-order valence-corrected chi connectivity index (χ0v) is 17.2. The number of primary amides is 1. The monoisotopic (exact) mass is 351 g/mol. The Morgan fingerprint density at radius 1 is 1.12 bits per heavy atom. The van der Waals surface area contributed by atoms with Crippen LogP contribution in [0.3, 0.4) is 0 Å². The highest BCUT2D eigenvalue weighted by Gasteiger charge is 2.37. The SMILES string of the molecule is C=C/C(=C\C=C(/C)Cc1cc2c(cc1C)C(C)(C)CCC2(C)C)C(N)=O. The van der Waals surface area contributed by atoms with Gasteiger partial charge in [0.1, 0.15) is 0 Å². The molecule has 140 valence electrons. The topological polar surface area (TPSA) is 43.1 Å². The van der Waals surface area contributed by atoms with Crippen LogP contribution in [-0.4, -0.2) is 5.91 Å². The molecule has 2 heteroatoms. The van der Waals surface area contributed by atoms with Gasteiger partial charge < -0.3 is 5.73 Å². The Morgan fingerprint density at radius 3 is 2.15 bits per heavy atom. The van der Waals surface area contributed by atoms with Gasteiger partial charge in [0.05, 0.1) is 0 Å². The Bertz CT molecular complexity index is 791. The number of nitrogens with two attached hydrogens (primary N) is 1. The summed E-state index contributed by atoms with van der Waals surface area (Å²) in [5.74, 6) is -0.446. The van der Waals surface area contributed by atoms with Crippen molar-refractivity contribution in [2.24, 2.45) is 5.73 Å². The fourth-order valence-corrected chi connectivity index (χ4v) is 3.80. The molecule has 0 fully saturated rings. The minimum atomic E-state index is -0.446. The van der Waals surface area contributed by atoms with Gasteiger partial charge in [0, 0.05) is 5.57 Å². The second-order valence-corrected chi connectivity index (χ2v) is 8.97. The smallest absolute Gasteiger partial charge is 0.248 e. The Morgan fingerprint density at radius 2 is 1.65 bits per heavy atom. The van der Waals surface area contributed by atoms with Gasteiger partial charge in [-0.05, 0) is 72.3 Å². The maximum atomic E-state index is 11.3. The Labute approximate surface area is 158 Å². The highest BCUT2D eigenvalue weighted by atomic mass is 16.1. The van der Waals surface area contributed by atoms with E-state index < -0.39 is 5.91 Å². The lowest BCUT2D eigenvalue weighted by Crippen LogP contribution is -2.34. The number of rotatable bonds is 5. The van der Waals surface area contributed by atoms with Gasteiger partial charge in [0.25, 0.3) is 0 Å². The minimum absolute atomic E-state index is 0.215.